The molecule has 0 unspecified atom stereocenters. The number of ether oxygens (including phenoxy) is 1. The average molecular weight is 263 g/mol. The van der Waals surface area contributed by atoms with Crippen LogP contribution in [0.5, 0.6) is 0 Å². The van der Waals surface area contributed by atoms with Crippen LogP contribution in [-0.4, -0.2) is 22.7 Å². The molecule has 94 valence electrons. The van der Waals surface area contributed by atoms with Gasteiger partial charge in [-0.3, -0.25) is 0 Å². The van der Waals surface area contributed by atoms with Gasteiger partial charge in [0.25, 0.3) is 0 Å². The second kappa shape index (κ2) is 5.07. The molecule has 1 nitrogen and oxygen atoms in total. The van der Waals surface area contributed by atoms with E-state index in [1.54, 1.807) is 0 Å². The summed E-state index contributed by atoms with van der Waals surface area (Å²) in [5.74, 6) is 3.96. The Morgan fingerprint density at radius 2 is 2.19 bits per heavy atom. The summed E-state index contributed by atoms with van der Waals surface area (Å²) in [6.07, 6.45) is 4.17. The van der Waals surface area contributed by atoms with E-state index in [1.165, 1.54) is 19.3 Å². The molecule has 0 amide bonds. The average Bonchev–Trinajstić information content (AvgIpc) is 2.61. The summed E-state index contributed by atoms with van der Waals surface area (Å²) in [7, 11) is 0. The molecule has 0 aromatic heterocycles. The molecule has 1 saturated heterocycles. The predicted octanol–water partition coefficient (Wildman–Crippen LogP) is 4.15. The molecule has 2 fully saturated rings. The van der Waals surface area contributed by atoms with E-state index in [2.05, 4.69) is 20.8 Å². The molecule has 2 rings (SSSR count). The Labute approximate surface area is 109 Å². The van der Waals surface area contributed by atoms with Crippen molar-refractivity contribution in [2.45, 2.75) is 51.1 Å². The maximum Gasteiger partial charge on any atom is 0.117 e. The lowest BCUT2D eigenvalue weighted by Crippen LogP contribution is -2.43. The lowest BCUT2D eigenvalue weighted by molar-refractivity contribution is -0.0772. The molecular formula is C13H23ClOS. The summed E-state index contributed by atoms with van der Waals surface area (Å²) >= 11 is 7.97. The van der Waals surface area contributed by atoms with Crippen molar-refractivity contribution < 1.29 is 4.74 Å². The van der Waals surface area contributed by atoms with Crippen molar-refractivity contribution in [1.29, 1.82) is 0 Å². The van der Waals surface area contributed by atoms with Crippen molar-refractivity contribution in [3.05, 3.63) is 0 Å². The SMILES string of the molecule is CC(C)[C@@H]1CC[C@@H](C)C[C@@]12O[C@H](CCl)CS2. The quantitative estimate of drug-likeness (QED) is 0.692. The zero-order chi connectivity index (χ0) is 11.8. The van der Waals surface area contributed by atoms with Crippen LogP contribution in [0.2, 0.25) is 0 Å². The van der Waals surface area contributed by atoms with Gasteiger partial charge in [0.05, 0.1) is 6.10 Å². The topological polar surface area (TPSA) is 9.23 Å². The number of thioether (sulfide) groups is 1. The Kier molecular flexibility index (Phi) is 4.14. The second-order valence-corrected chi connectivity index (χ2v) is 7.38. The zero-order valence-electron chi connectivity index (χ0n) is 10.5. The normalized spacial score (nSPS) is 44.4. The van der Waals surface area contributed by atoms with Gasteiger partial charge in [0.15, 0.2) is 0 Å². The number of hydrogen-bond donors (Lipinski definition) is 0. The van der Waals surface area contributed by atoms with Gasteiger partial charge >= 0.3 is 0 Å². The first kappa shape index (κ1) is 13.0. The summed E-state index contributed by atoms with van der Waals surface area (Å²) in [6.45, 7) is 7.02. The molecule has 1 aliphatic heterocycles. The molecule has 0 N–H and O–H groups in total. The van der Waals surface area contributed by atoms with Gasteiger partial charge in [0.1, 0.15) is 4.93 Å². The van der Waals surface area contributed by atoms with Gasteiger partial charge in [-0.2, -0.15) is 0 Å². The first-order valence-electron chi connectivity index (χ1n) is 6.45. The molecule has 1 spiro atoms. The monoisotopic (exact) mass is 262 g/mol. The van der Waals surface area contributed by atoms with Gasteiger partial charge in [0.2, 0.25) is 0 Å². The van der Waals surface area contributed by atoms with Crippen LogP contribution in [0, 0.1) is 17.8 Å². The Bertz CT molecular complexity index is 246. The number of alkyl halides is 1. The molecule has 0 aromatic rings. The molecule has 0 radical (unpaired) electrons. The van der Waals surface area contributed by atoms with Crippen molar-refractivity contribution in [2.24, 2.45) is 17.8 Å². The maximum atomic E-state index is 6.31. The fourth-order valence-electron chi connectivity index (χ4n) is 3.23. The standard InChI is InChI=1S/C13H23ClOS/c1-9(2)12-5-4-10(3)6-13(12)15-11(7-14)8-16-13/h9-12H,4-8H2,1-3H3/t10-,11-,12+,13+/m1/s1. The summed E-state index contributed by atoms with van der Waals surface area (Å²) in [4.78, 5) is 0.0887. The largest absolute Gasteiger partial charge is 0.359 e. The van der Waals surface area contributed by atoms with Crippen LogP contribution < -0.4 is 0 Å². The van der Waals surface area contributed by atoms with Crippen LogP contribution in [0.4, 0.5) is 0 Å². The van der Waals surface area contributed by atoms with Crippen molar-refractivity contribution >= 4 is 23.4 Å². The van der Waals surface area contributed by atoms with Crippen molar-refractivity contribution in [2.75, 3.05) is 11.6 Å². The van der Waals surface area contributed by atoms with Gasteiger partial charge in [-0.05, 0) is 30.6 Å². The maximum absolute atomic E-state index is 6.31. The van der Waals surface area contributed by atoms with Crippen molar-refractivity contribution in [3.8, 4) is 0 Å². The van der Waals surface area contributed by atoms with E-state index in [1.807, 2.05) is 11.8 Å². The van der Waals surface area contributed by atoms with E-state index >= 15 is 0 Å². The van der Waals surface area contributed by atoms with Gasteiger partial charge < -0.3 is 4.74 Å². The molecule has 3 heteroatoms. The number of rotatable bonds is 2. The lowest BCUT2D eigenvalue weighted by Gasteiger charge is -2.44. The predicted molar refractivity (Wildman–Crippen MR) is 72.1 cm³/mol. The van der Waals surface area contributed by atoms with E-state index < -0.39 is 0 Å². The summed E-state index contributed by atoms with van der Waals surface area (Å²) in [6, 6.07) is 0. The van der Waals surface area contributed by atoms with Crippen LogP contribution in [0.15, 0.2) is 0 Å². The van der Waals surface area contributed by atoms with Crippen LogP contribution in [0.25, 0.3) is 0 Å². The fraction of sp³-hybridized carbons (Fsp3) is 1.00. The van der Waals surface area contributed by atoms with Crippen molar-refractivity contribution in [3.63, 3.8) is 0 Å². The van der Waals surface area contributed by atoms with E-state index in [4.69, 9.17) is 16.3 Å². The van der Waals surface area contributed by atoms with Crippen LogP contribution in [0.3, 0.4) is 0 Å². The molecular weight excluding hydrogens is 240 g/mol. The number of halogens is 1. The van der Waals surface area contributed by atoms with E-state index in [9.17, 15) is 0 Å². The van der Waals surface area contributed by atoms with E-state index in [-0.39, 0.29) is 11.0 Å². The third-order valence-corrected chi connectivity index (χ3v) is 5.96. The fourth-order valence-corrected chi connectivity index (χ4v) is 5.39. The van der Waals surface area contributed by atoms with E-state index in [0.717, 1.165) is 11.7 Å². The molecule has 1 aliphatic carbocycles. The Morgan fingerprint density at radius 1 is 1.44 bits per heavy atom. The number of hydrogen-bond acceptors (Lipinski definition) is 2. The highest BCUT2D eigenvalue weighted by molar-refractivity contribution is 8.00. The molecule has 0 aromatic carbocycles. The zero-order valence-corrected chi connectivity index (χ0v) is 12.1. The Morgan fingerprint density at radius 3 is 2.75 bits per heavy atom. The van der Waals surface area contributed by atoms with Crippen molar-refractivity contribution in [1.82, 2.24) is 0 Å². The molecule has 4 atom stereocenters. The highest BCUT2D eigenvalue weighted by atomic mass is 35.5. The van der Waals surface area contributed by atoms with Crippen LogP contribution in [0.1, 0.15) is 40.0 Å². The molecule has 2 aliphatic rings. The molecule has 1 heterocycles. The molecule has 0 bridgehead atoms. The Hall–Kier alpha value is 0.600. The summed E-state index contributed by atoms with van der Waals surface area (Å²) < 4.78 is 6.31. The summed E-state index contributed by atoms with van der Waals surface area (Å²) in [5, 5.41) is 0. The minimum Gasteiger partial charge on any atom is -0.359 e. The van der Waals surface area contributed by atoms with Gasteiger partial charge in [0, 0.05) is 11.6 Å². The smallest absolute Gasteiger partial charge is 0.117 e. The second-order valence-electron chi connectivity index (χ2n) is 5.75. The molecule has 16 heavy (non-hydrogen) atoms. The first-order chi connectivity index (χ1) is 7.57. The third kappa shape index (κ3) is 2.39. The minimum atomic E-state index is 0.0887. The minimum absolute atomic E-state index is 0.0887. The highest BCUT2D eigenvalue weighted by Gasteiger charge is 2.50. The van der Waals surface area contributed by atoms with Gasteiger partial charge in [-0.25, -0.2) is 0 Å². The van der Waals surface area contributed by atoms with Gasteiger partial charge in [-0.1, -0.05) is 27.2 Å². The van der Waals surface area contributed by atoms with Gasteiger partial charge in [-0.15, -0.1) is 23.4 Å². The summed E-state index contributed by atoms with van der Waals surface area (Å²) in [5.41, 5.74) is 0. The highest BCUT2D eigenvalue weighted by Crippen LogP contribution is 2.53. The molecule has 1 saturated carbocycles. The van der Waals surface area contributed by atoms with Crippen LogP contribution in [-0.2, 0) is 4.74 Å². The Balaban J connectivity index is 2.13. The lowest BCUT2D eigenvalue weighted by atomic mass is 9.75. The first-order valence-corrected chi connectivity index (χ1v) is 7.97. The third-order valence-electron chi connectivity index (χ3n) is 4.02. The van der Waals surface area contributed by atoms with Crippen LogP contribution >= 0.6 is 23.4 Å². The van der Waals surface area contributed by atoms with E-state index in [0.29, 0.717) is 17.7 Å².